The average molecular weight is 516 g/mol. The third kappa shape index (κ3) is 5.65. The van der Waals surface area contributed by atoms with Crippen LogP contribution in [0, 0.1) is 0 Å². The molecule has 5 nitrogen and oxygen atoms in total. The predicted octanol–water partition coefficient (Wildman–Crippen LogP) is 4.49. The van der Waals surface area contributed by atoms with E-state index in [2.05, 4.69) is 58.4 Å². The van der Waals surface area contributed by atoms with Crippen LogP contribution in [0.2, 0.25) is 5.28 Å². The molecule has 128 valence electrons. The van der Waals surface area contributed by atoms with E-state index in [-0.39, 0.29) is 5.28 Å². The molecule has 0 aromatic carbocycles. The van der Waals surface area contributed by atoms with Crippen LogP contribution in [0.1, 0.15) is 19.4 Å². The minimum absolute atomic E-state index is 0.252. The van der Waals surface area contributed by atoms with Gasteiger partial charge in [0.2, 0.25) is 5.28 Å². The molecule has 0 aliphatic carbocycles. The fraction of sp³-hybridized carbons (Fsp3) is 0.533. The second-order valence-electron chi connectivity index (χ2n) is 4.26. The van der Waals surface area contributed by atoms with Crippen molar-refractivity contribution < 1.29 is 4.74 Å². The molecule has 2 aromatic heterocycles. The van der Waals surface area contributed by atoms with Gasteiger partial charge in [0.05, 0.1) is 18.7 Å². The van der Waals surface area contributed by atoms with E-state index >= 15 is 0 Å². The van der Waals surface area contributed by atoms with Crippen LogP contribution in [0.3, 0.4) is 0 Å². The van der Waals surface area contributed by atoms with Gasteiger partial charge in [-0.05, 0) is 28.2 Å². The number of halogens is 3. The summed E-state index contributed by atoms with van der Waals surface area (Å²) in [5.41, 5.74) is 2.63. The zero-order valence-electron chi connectivity index (χ0n) is 13.5. The molecule has 0 bridgehead atoms. The first-order chi connectivity index (χ1) is 11.3. The Hall–Kier alpha value is -0.250. The van der Waals surface area contributed by atoms with Gasteiger partial charge < -0.3 is 9.64 Å². The summed E-state index contributed by atoms with van der Waals surface area (Å²) in [5, 5.41) is 0.993. The molecule has 1 saturated heterocycles. The van der Waals surface area contributed by atoms with E-state index in [1.807, 2.05) is 31.0 Å². The Morgan fingerprint density at radius 1 is 1.26 bits per heavy atom. The van der Waals surface area contributed by atoms with Crippen molar-refractivity contribution in [1.82, 2.24) is 15.0 Å². The second kappa shape index (κ2) is 11.3. The van der Waals surface area contributed by atoms with Crippen molar-refractivity contribution in [3.8, 4) is 0 Å². The SMILES string of the molecule is CC.CI.Clc1nc(N2CCOCC2)c2ncc(CBr)cc2n1. The summed E-state index contributed by atoms with van der Waals surface area (Å²) in [5.74, 6) is 0.791. The Balaban J connectivity index is 0.000000615. The highest BCUT2D eigenvalue weighted by Crippen LogP contribution is 2.25. The van der Waals surface area contributed by atoms with Crippen molar-refractivity contribution in [2.75, 3.05) is 36.1 Å². The van der Waals surface area contributed by atoms with Gasteiger partial charge in [0, 0.05) is 24.6 Å². The maximum atomic E-state index is 6.02. The van der Waals surface area contributed by atoms with Gasteiger partial charge in [0.1, 0.15) is 5.52 Å². The molecule has 3 heterocycles. The quantitative estimate of drug-likeness (QED) is 0.335. The number of fused-ring (bicyclic) bond motifs is 1. The molecule has 0 radical (unpaired) electrons. The highest BCUT2D eigenvalue weighted by Gasteiger charge is 2.18. The minimum Gasteiger partial charge on any atom is -0.378 e. The fourth-order valence-corrected chi connectivity index (χ4v) is 2.56. The minimum atomic E-state index is 0.252. The summed E-state index contributed by atoms with van der Waals surface area (Å²) in [4.78, 5) is 17.2. The predicted molar refractivity (Wildman–Crippen MR) is 109 cm³/mol. The molecule has 3 rings (SSSR count). The lowest BCUT2D eigenvalue weighted by Gasteiger charge is -2.28. The Kier molecular flexibility index (Phi) is 10.2. The molecule has 23 heavy (non-hydrogen) atoms. The van der Waals surface area contributed by atoms with Gasteiger partial charge in [-0.2, -0.15) is 4.98 Å². The van der Waals surface area contributed by atoms with Gasteiger partial charge in [0.15, 0.2) is 5.82 Å². The molecular weight excluding hydrogens is 494 g/mol. The third-order valence-corrected chi connectivity index (χ3v) is 3.83. The zero-order valence-corrected chi connectivity index (χ0v) is 18.0. The molecular formula is C15H21BrClIN4O. The van der Waals surface area contributed by atoms with Gasteiger partial charge in [-0.25, -0.2) is 4.98 Å². The molecule has 0 unspecified atom stereocenters. The Morgan fingerprint density at radius 2 is 1.91 bits per heavy atom. The standard InChI is InChI=1S/C12H12BrClN4O.C2H6.CH3I/c13-6-8-5-9-10(15-7-8)11(17-12(14)16-9)18-1-3-19-4-2-18;2*1-2/h5,7H,1-4,6H2;1-2H3;1H3. The summed E-state index contributed by atoms with van der Waals surface area (Å²) in [6.45, 7) is 6.99. The maximum absolute atomic E-state index is 6.02. The molecule has 0 amide bonds. The number of pyridine rings is 1. The lowest BCUT2D eigenvalue weighted by atomic mass is 10.2. The number of morpholine rings is 1. The summed E-state index contributed by atoms with van der Waals surface area (Å²) in [6.07, 6.45) is 1.83. The molecule has 0 N–H and O–H groups in total. The van der Waals surface area contributed by atoms with Crippen LogP contribution in [0.15, 0.2) is 12.3 Å². The molecule has 1 fully saturated rings. The average Bonchev–Trinajstić information content (AvgIpc) is 2.64. The van der Waals surface area contributed by atoms with E-state index in [4.69, 9.17) is 16.3 Å². The van der Waals surface area contributed by atoms with Gasteiger partial charge in [-0.15, -0.1) is 0 Å². The van der Waals surface area contributed by atoms with Crippen LogP contribution in [-0.4, -0.2) is 46.2 Å². The van der Waals surface area contributed by atoms with Gasteiger partial charge in [0.25, 0.3) is 0 Å². The van der Waals surface area contributed by atoms with Crippen LogP contribution in [0.25, 0.3) is 11.0 Å². The fourth-order valence-electron chi connectivity index (χ4n) is 2.09. The highest BCUT2D eigenvalue weighted by atomic mass is 127. The summed E-state index contributed by atoms with van der Waals surface area (Å²) in [7, 11) is 0. The maximum Gasteiger partial charge on any atom is 0.225 e. The number of hydrogen-bond donors (Lipinski definition) is 0. The lowest BCUT2D eigenvalue weighted by Crippen LogP contribution is -2.37. The van der Waals surface area contributed by atoms with Crippen LogP contribution in [-0.2, 0) is 10.1 Å². The number of anilines is 1. The topological polar surface area (TPSA) is 51.1 Å². The number of ether oxygens (including phenoxy) is 1. The molecule has 0 atom stereocenters. The van der Waals surface area contributed by atoms with Crippen molar-refractivity contribution >= 4 is 67.0 Å². The first-order valence-electron chi connectivity index (χ1n) is 7.36. The molecule has 2 aromatic rings. The van der Waals surface area contributed by atoms with E-state index in [9.17, 15) is 0 Å². The number of rotatable bonds is 2. The number of hydrogen-bond acceptors (Lipinski definition) is 5. The Morgan fingerprint density at radius 3 is 2.52 bits per heavy atom. The summed E-state index contributed by atoms with van der Waals surface area (Å²) >= 11 is 11.6. The zero-order chi connectivity index (χ0) is 17.2. The first kappa shape index (κ1) is 20.8. The monoisotopic (exact) mass is 514 g/mol. The highest BCUT2D eigenvalue weighted by molar-refractivity contribution is 14.1. The van der Waals surface area contributed by atoms with Crippen molar-refractivity contribution in [3.63, 3.8) is 0 Å². The molecule has 0 spiro atoms. The van der Waals surface area contributed by atoms with E-state index in [0.29, 0.717) is 13.2 Å². The van der Waals surface area contributed by atoms with Crippen molar-refractivity contribution in [3.05, 3.63) is 23.1 Å². The number of nitrogens with zero attached hydrogens (tertiary/aromatic N) is 4. The van der Waals surface area contributed by atoms with Gasteiger partial charge in [-0.3, -0.25) is 4.98 Å². The first-order valence-corrected chi connectivity index (χ1v) is 11.0. The van der Waals surface area contributed by atoms with E-state index in [0.717, 1.165) is 40.8 Å². The summed E-state index contributed by atoms with van der Waals surface area (Å²) < 4.78 is 5.36. The van der Waals surface area contributed by atoms with E-state index in [1.165, 1.54) is 0 Å². The van der Waals surface area contributed by atoms with Crippen molar-refractivity contribution in [2.24, 2.45) is 0 Å². The Labute approximate surface area is 164 Å². The van der Waals surface area contributed by atoms with Gasteiger partial charge in [-0.1, -0.05) is 52.4 Å². The number of alkyl halides is 2. The molecule has 1 aliphatic rings. The summed E-state index contributed by atoms with van der Waals surface area (Å²) in [6, 6.07) is 1.98. The smallest absolute Gasteiger partial charge is 0.225 e. The second-order valence-corrected chi connectivity index (χ2v) is 5.16. The molecule has 8 heteroatoms. The number of aromatic nitrogens is 3. The van der Waals surface area contributed by atoms with E-state index in [1.54, 1.807) is 0 Å². The van der Waals surface area contributed by atoms with Crippen LogP contribution < -0.4 is 4.90 Å². The van der Waals surface area contributed by atoms with Crippen molar-refractivity contribution in [2.45, 2.75) is 19.2 Å². The lowest BCUT2D eigenvalue weighted by molar-refractivity contribution is 0.122. The normalized spacial score (nSPS) is 13.7. The van der Waals surface area contributed by atoms with Crippen LogP contribution >= 0.6 is 50.1 Å². The van der Waals surface area contributed by atoms with Gasteiger partial charge >= 0.3 is 0 Å². The van der Waals surface area contributed by atoms with E-state index < -0.39 is 0 Å². The molecule has 1 aliphatic heterocycles. The largest absolute Gasteiger partial charge is 0.378 e. The van der Waals surface area contributed by atoms with Crippen LogP contribution in [0.4, 0.5) is 5.82 Å². The van der Waals surface area contributed by atoms with Crippen LogP contribution in [0.5, 0.6) is 0 Å². The third-order valence-electron chi connectivity index (χ3n) is 3.01. The molecule has 0 saturated carbocycles. The van der Waals surface area contributed by atoms with Crippen molar-refractivity contribution in [1.29, 1.82) is 0 Å². The Bertz CT molecular complexity index is 611.